The molecule has 4 aromatic rings. The van der Waals surface area contributed by atoms with Gasteiger partial charge in [0.15, 0.2) is 5.65 Å². The van der Waals surface area contributed by atoms with Gasteiger partial charge < -0.3 is 20.8 Å². The van der Waals surface area contributed by atoms with Gasteiger partial charge in [-0.05, 0) is 37.5 Å². The van der Waals surface area contributed by atoms with Crippen LogP contribution in [0.3, 0.4) is 0 Å². The molecule has 0 saturated heterocycles. The van der Waals surface area contributed by atoms with Crippen molar-refractivity contribution in [3.05, 3.63) is 64.7 Å². The summed E-state index contributed by atoms with van der Waals surface area (Å²) in [5.41, 5.74) is 10.2. The smallest absolute Gasteiger partial charge is 0.328 e. The van der Waals surface area contributed by atoms with Crippen molar-refractivity contribution in [3.63, 3.8) is 0 Å². The Hall–Kier alpha value is -4.21. The number of nitrogens with one attached hydrogen (secondary N) is 2. The third-order valence-corrected chi connectivity index (χ3v) is 6.00. The van der Waals surface area contributed by atoms with Gasteiger partial charge in [0.25, 0.3) is 5.91 Å². The van der Waals surface area contributed by atoms with E-state index < -0.39 is 17.9 Å². The Morgan fingerprint density at radius 2 is 2.00 bits per heavy atom. The van der Waals surface area contributed by atoms with Crippen LogP contribution in [0.15, 0.2) is 36.7 Å². The molecular weight excluding hydrogens is 436 g/mol. The lowest BCUT2D eigenvalue weighted by atomic mass is 10.0. The van der Waals surface area contributed by atoms with Gasteiger partial charge >= 0.3 is 5.97 Å². The lowest BCUT2D eigenvalue weighted by molar-refractivity contribution is -0.145. The molecule has 2 amide bonds. The highest BCUT2D eigenvalue weighted by atomic mass is 16.5. The fourth-order valence-corrected chi connectivity index (χ4v) is 4.21. The summed E-state index contributed by atoms with van der Waals surface area (Å²) in [4.78, 5) is 44.4. The first kappa shape index (κ1) is 23.0. The fraction of sp³-hybridized carbons (Fsp3) is 0.292. The first-order chi connectivity index (χ1) is 16.3. The van der Waals surface area contributed by atoms with E-state index in [2.05, 4.69) is 20.4 Å². The molecule has 10 nitrogen and oxygen atoms in total. The Balaban J connectivity index is 1.49. The average Bonchev–Trinajstić information content (AvgIpc) is 3.42. The SMILES string of the molecule is COC(=O)[C@@H](Cc1c[nH]c2ccccc12)NC(=O)CCc1c(C)nc2c(C(N)=O)cnn2c1C. The number of hydrogen-bond donors (Lipinski definition) is 3. The number of aryl methyl sites for hydroxylation is 2. The van der Waals surface area contributed by atoms with Crippen LogP contribution in [0.1, 0.15) is 39.3 Å². The van der Waals surface area contributed by atoms with Crippen molar-refractivity contribution in [1.82, 2.24) is 24.9 Å². The van der Waals surface area contributed by atoms with E-state index in [-0.39, 0.29) is 17.9 Å². The molecule has 0 fully saturated rings. The van der Waals surface area contributed by atoms with Gasteiger partial charge in [0.1, 0.15) is 11.6 Å². The fourth-order valence-electron chi connectivity index (χ4n) is 4.21. The number of amides is 2. The summed E-state index contributed by atoms with van der Waals surface area (Å²) >= 11 is 0. The monoisotopic (exact) mass is 462 g/mol. The molecule has 0 aliphatic rings. The number of ether oxygens (including phenoxy) is 1. The third kappa shape index (κ3) is 4.34. The first-order valence-electron chi connectivity index (χ1n) is 10.9. The molecule has 0 aliphatic carbocycles. The molecule has 34 heavy (non-hydrogen) atoms. The Morgan fingerprint density at radius 1 is 1.24 bits per heavy atom. The number of nitrogens with zero attached hydrogens (tertiary/aromatic N) is 3. The van der Waals surface area contributed by atoms with Crippen LogP contribution < -0.4 is 11.1 Å². The molecule has 0 radical (unpaired) electrons. The largest absolute Gasteiger partial charge is 0.467 e. The molecule has 0 saturated carbocycles. The van der Waals surface area contributed by atoms with Gasteiger partial charge in [-0.25, -0.2) is 14.3 Å². The van der Waals surface area contributed by atoms with E-state index in [9.17, 15) is 14.4 Å². The van der Waals surface area contributed by atoms with Crippen molar-refractivity contribution < 1.29 is 19.1 Å². The second-order valence-corrected chi connectivity index (χ2v) is 8.13. The van der Waals surface area contributed by atoms with E-state index >= 15 is 0 Å². The Morgan fingerprint density at radius 3 is 2.74 bits per heavy atom. The van der Waals surface area contributed by atoms with Gasteiger partial charge in [0, 0.05) is 41.3 Å². The van der Waals surface area contributed by atoms with Crippen LogP contribution >= 0.6 is 0 Å². The van der Waals surface area contributed by atoms with Gasteiger partial charge in [-0.1, -0.05) is 18.2 Å². The van der Waals surface area contributed by atoms with Crippen LogP contribution in [-0.2, 0) is 27.2 Å². The summed E-state index contributed by atoms with van der Waals surface area (Å²) in [5, 5.41) is 8.00. The number of fused-ring (bicyclic) bond motifs is 2. The molecule has 0 spiro atoms. The maximum absolute atomic E-state index is 12.8. The number of H-pyrrole nitrogens is 1. The number of methoxy groups -OCH3 is 1. The Bertz CT molecular complexity index is 1400. The number of esters is 1. The van der Waals surface area contributed by atoms with Crippen LogP contribution in [0, 0.1) is 13.8 Å². The lowest BCUT2D eigenvalue weighted by Crippen LogP contribution is -2.43. The first-order valence-corrected chi connectivity index (χ1v) is 10.9. The number of carbonyl (C=O) groups excluding carboxylic acids is 3. The molecule has 1 atom stereocenters. The number of rotatable bonds is 8. The highest BCUT2D eigenvalue weighted by Gasteiger charge is 2.24. The molecule has 0 bridgehead atoms. The van der Waals surface area contributed by atoms with Gasteiger partial charge in [-0.15, -0.1) is 0 Å². The predicted octanol–water partition coefficient (Wildman–Crippen LogP) is 1.76. The van der Waals surface area contributed by atoms with Gasteiger partial charge in [-0.3, -0.25) is 9.59 Å². The van der Waals surface area contributed by atoms with Crippen molar-refractivity contribution in [2.45, 2.75) is 39.2 Å². The van der Waals surface area contributed by atoms with Crippen molar-refractivity contribution >= 4 is 34.3 Å². The number of aromatic amines is 1. The molecule has 1 aromatic carbocycles. The zero-order chi connectivity index (χ0) is 24.4. The van der Waals surface area contributed by atoms with Gasteiger partial charge in [-0.2, -0.15) is 5.10 Å². The predicted molar refractivity (Wildman–Crippen MR) is 125 cm³/mol. The highest BCUT2D eigenvalue weighted by Crippen LogP contribution is 2.20. The molecule has 3 heterocycles. The van der Waals surface area contributed by atoms with Crippen molar-refractivity contribution in [1.29, 1.82) is 0 Å². The van der Waals surface area contributed by atoms with Crippen LogP contribution in [0.2, 0.25) is 0 Å². The topological polar surface area (TPSA) is 144 Å². The van der Waals surface area contributed by atoms with Crippen molar-refractivity contribution in [2.75, 3.05) is 7.11 Å². The molecule has 10 heteroatoms. The maximum atomic E-state index is 12.8. The summed E-state index contributed by atoms with van der Waals surface area (Å²) in [6.07, 6.45) is 4.06. The lowest BCUT2D eigenvalue weighted by Gasteiger charge is -2.17. The zero-order valence-corrected chi connectivity index (χ0v) is 19.2. The molecule has 4 rings (SSSR count). The number of primary amides is 1. The molecule has 176 valence electrons. The number of para-hydroxylation sites is 1. The van der Waals surface area contributed by atoms with Crippen molar-refractivity contribution in [2.24, 2.45) is 5.73 Å². The molecular formula is C24H26N6O4. The van der Waals surface area contributed by atoms with Gasteiger partial charge in [0.2, 0.25) is 5.91 Å². The van der Waals surface area contributed by atoms with Crippen molar-refractivity contribution in [3.8, 4) is 0 Å². The average molecular weight is 463 g/mol. The quantitative estimate of drug-likeness (QED) is 0.340. The summed E-state index contributed by atoms with van der Waals surface area (Å²) in [6, 6.07) is 6.95. The summed E-state index contributed by atoms with van der Waals surface area (Å²) in [5.74, 6) is -1.39. The number of hydrogen-bond acceptors (Lipinski definition) is 6. The number of nitrogens with two attached hydrogens (primary N) is 1. The Labute approximate surface area is 195 Å². The van der Waals surface area contributed by atoms with Crippen LogP contribution in [0.4, 0.5) is 0 Å². The second kappa shape index (κ2) is 9.34. The molecule has 0 aliphatic heterocycles. The van der Waals surface area contributed by atoms with Gasteiger partial charge in [0.05, 0.1) is 13.3 Å². The van der Waals surface area contributed by atoms with Crippen LogP contribution in [0.25, 0.3) is 16.6 Å². The van der Waals surface area contributed by atoms with E-state index in [0.717, 1.165) is 27.7 Å². The second-order valence-electron chi connectivity index (χ2n) is 8.13. The summed E-state index contributed by atoms with van der Waals surface area (Å²) < 4.78 is 6.47. The van der Waals surface area contributed by atoms with E-state index in [1.165, 1.54) is 13.3 Å². The standard InChI is InChI=1S/C24H26N6O4/c1-13-16(14(2)30-23(28-13)18(12-27-30)22(25)32)8-9-21(31)29-20(24(33)34-3)10-15-11-26-19-7-5-4-6-17(15)19/h4-7,11-12,20,26H,8-10H2,1-3H3,(H2,25,32)(H,29,31)/t20-/m1/s1. The van der Waals surface area contributed by atoms with E-state index in [1.54, 1.807) is 4.52 Å². The third-order valence-electron chi connectivity index (χ3n) is 6.00. The van der Waals surface area contributed by atoms with E-state index in [1.807, 2.05) is 44.3 Å². The Kier molecular flexibility index (Phi) is 6.31. The maximum Gasteiger partial charge on any atom is 0.328 e. The highest BCUT2D eigenvalue weighted by molar-refractivity contribution is 5.98. The number of carbonyl (C=O) groups is 3. The summed E-state index contributed by atoms with van der Waals surface area (Å²) in [7, 11) is 1.30. The zero-order valence-electron chi connectivity index (χ0n) is 19.2. The minimum Gasteiger partial charge on any atom is -0.467 e. The normalized spacial score (nSPS) is 12.1. The number of benzene rings is 1. The molecule has 0 unspecified atom stereocenters. The molecule has 4 N–H and O–H groups in total. The minimum absolute atomic E-state index is 0.139. The minimum atomic E-state index is -0.816. The van der Waals surface area contributed by atoms with Crippen LogP contribution in [0.5, 0.6) is 0 Å². The van der Waals surface area contributed by atoms with E-state index in [0.29, 0.717) is 24.2 Å². The molecule has 3 aromatic heterocycles. The summed E-state index contributed by atoms with van der Waals surface area (Å²) in [6.45, 7) is 3.66. The van der Waals surface area contributed by atoms with E-state index in [4.69, 9.17) is 10.5 Å². The number of aromatic nitrogens is 4. The van der Waals surface area contributed by atoms with Crippen LogP contribution in [-0.4, -0.2) is 50.5 Å².